The van der Waals surface area contributed by atoms with Crippen molar-refractivity contribution in [3.05, 3.63) is 35.8 Å². The van der Waals surface area contributed by atoms with E-state index in [1.54, 1.807) is 17.5 Å². The number of hydrogen-bond acceptors (Lipinski definition) is 4. The number of nitrogens with zero attached hydrogens (tertiary/aromatic N) is 1. The molecule has 0 spiro atoms. The van der Waals surface area contributed by atoms with Gasteiger partial charge in [0.2, 0.25) is 0 Å². The lowest BCUT2D eigenvalue weighted by Gasteiger charge is -2.12. The topological polar surface area (TPSA) is 74.2 Å². The molecular formula is C15H19N3O2S. The molecule has 0 aliphatic heterocycles. The second kappa shape index (κ2) is 7.75. The molecule has 21 heavy (non-hydrogen) atoms. The third kappa shape index (κ3) is 4.84. The zero-order valence-corrected chi connectivity index (χ0v) is 12.7. The molecule has 0 aliphatic rings. The van der Waals surface area contributed by atoms with Crippen molar-refractivity contribution < 1.29 is 9.90 Å². The monoisotopic (exact) mass is 305 g/mol. The van der Waals surface area contributed by atoms with Crippen LogP contribution in [0.5, 0.6) is 0 Å². The van der Waals surface area contributed by atoms with Gasteiger partial charge in [0.25, 0.3) is 0 Å². The van der Waals surface area contributed by atoms with Crippen LogP contribution in [0.4, 0.5) is 10.5 Å². The third-order valence-electron chi connectivity index (χ3n) is 3.03. The summed E-state index contributed by atoms with van der Waals surface area (Å²) in [5.41, 5.74) is 1.71. The summed E-state index contributed by atoms with van der Waals surface area (Å²) in [6.07, 6.45) is 2.44. The van der Waals surface area contributed by atoms with E-state index in [0.717, 1.165) is 16.3 Å². The van der Waals surface area contributed by atoms with E-state index in [1.807, 2.05) is 36.6 Å². The molecule has 6 heteroatoms. The molecule has 1 aromatic heterocycles. The summed E-state index contributed by atoms with van der Waals surface area (Å²) in [6, 6.07) is 7.35. The Bertz CT molecular complexity index is 572. The Morgan fingerprint density at radius 1 is 1.48 bits per heavy atom. The fourth-order valence-electron chi connectivity index (χ4n) is 1.86. The molecule has 0 saturated carbocycles. The van der Waals surface area contributed by atoms with Crippen LogP contribution in [0.25, 0.3) is 10.6 Å². The molecule has 3 N–H and O–H groups in total. The van der Waals surface area contributed by atoms with Crippen LogP contribution in [0.2, 0.25) is 0 Å². The first-order chi connectivity index (χ1) is 10.2. The smallest absolute Gasteiger partial charge is 0.319 e. The zero-order valence-electron chi connectivity index (χ0n) is 11.9. The van der Waals surface area contributed by atoms with Crippen LogP contribution in [0.15, 0.2) is 35.8 Å². The highest BCUT2D eigenvalue weighted by Crippen LogP contribution is 2.24. The van der Waals surface area contributed by atoms with Crippen LogP contribution in [-0.2, 0) is 0 Å². The van der Waals surface area contributed by atoms with Gasteiger partial charge in [0.1, 0.15) is 5.01 Å². The average molecular weight is 305 g/mol. The summed E-state index contributed by atoms with van der Waals surface area (Å²) in [5.74, 6) is 0.252. The minimum Gasteiger partial charge on any atom is -0.396 e. The van der Waals surface area contributed by atoms with Gasteiger partial charge in [-0.15, -0.1) is 11.3 Å². The highest BCUT2D eigenvalue weighted by Gasteiger charge is 2.07. The van der Waals surface area contributed by atoms with E-state index in [1.165, 1.54) is 0 Å². The van der Waals surface area contributed by atoms with Crippen LogP contribution in [-0.4, -0.2) is 29.3 Å². The van der Waals surface area contributed by atoms with Crippen molar-refractivity contribution >= 4 is 23.1 Å². The zero-order chi connectivity index (χ0) is 15.1. The van der Waals surface area contributed by atoms with Gasteiger partial charge in [0.05, 0.1) is 0 Å². The Hall–Kier alpha value is -1.92. The Kier molecular flexibility index (Phi) is 5.71. The fourth-order valence-corrected chi connectivity index (χ4v) is 2.50. The van der Waals surface area contributed by atoms with Gasteiger partial charge >= 0.3 is 6.03 Å². The van der Waals surface area contributed by atoms with Crippen LogP contribution < -0.4 is 10.6 Å². The number of aromatic nitrogens is 1. The van der Waals surface area contributed by atoms with Crippen molar-refractivity contribution in [2.75, 3.05) is 18.5 Å². The molecule has 0 radical (unpaired) electrons. The maximum absolute atomic E-state index is 11.8. The number of hydrogen-bond donors (Lipinski definition) is 3. The highest BCUT2D eigenvalue weighted by atomic mass is 32.1. The van der Waals surface area contributed by atoms with Crippen molar-refractivity contribution in [1.29, 1.82) is 0 Å². The molecule has 112 valence electrons. The molecule has 0 fully saturated rings. The summed E-state index contributed by atoms with van der Waals surface area (Å²) in [7, 11) is 0. The van der Waals surface area contributed by atoms with Crippen molar-refractivity contribution in [1.82, 2.24) is 10.3 Å². The van der Waals surface area contributed by atoms with Gasteiger partial charge in [0, 0.05) is 36.0 Å². The van der Waals surface area contributed by atoms with E-state index in [-0.39, 0.29) is 18.6 Å². The molecule has 2 aromatic rings. The summed E-state index contributed by atoms with van der Waals surface area (Å²) in [6.45, 7) is 2.67. The van der Waals surface area contributed by atoms with Gasteiger partial charge in [0.15, 0.2) is 0 Å². The molecule has 0 saturated heterocycles. The number of rotatable bonds is 6. The van der Waals surface area contributed by atoms with Crippen molar-refractivity contribution in [3.63, 3.8) is 0 Å². The minimum atomic E-state index is -0.240. The Balaban J connectivity index is 1.91. The van der Waals surface area contributed by atoms with Gasteiger partial charge in [-0.3, -0.25) is 0 Å². The Morgan fingerprint density at radius 2 is 2.33 bits per heavy atom. The standard InChI is InChI=1S/C15H19N3O2S/c1-11(5-7-19)10-17-15(20)18-13-4-2-3-12(9-13)14-16-6-8-21-14/h2-4,6,8-9,11,19H,5,7,10H2,1H3,(H2,17,18,20). The summed E-state index contributed by atoms with van der Waals surface area (Å²) in [4.78, 5) is 16.1. The lowest BCUT2D eigenvalue weighted by molar-refractivity contribution is 0.243. The normalized spacial score (nSPS) is 11.9. The van der Waals surface area contributed by atoms with E-state index in [4.69, 9.17) is 5.11 Å². The maximum Gasteiger partial charge on any atom is 0.319 e. The molecule has 5 nitrogen and oxygen atoms in total. The first-order valence-corrected chi connectivity index (χ1v) is 7.72. The predicted molar refractivity (Wildman–Crippen MR) is 85.4 cm³/mol. The summed E-state index contributed by atoms with van der Waals surface area (Å²) < 4.78 is 0. The minimum absolute atomic E-state index is 0.139. The van der Waals surface area contributed by atoms with Crippen molar-refractivity contribution in [2.45, 2.75) is 13.3 Å². The lowest BCUT2D eigenvalue weighted by Crippen LogP contribution is -2.32. The van der Waals surface area contributed by atoms with Crippen LogP contribution in [0.3, 0.4) is 0 Å². The molecule has 2 rings (SSSR count). The molecule has 1 atom stereocenters. The van der Waals surface area contributed by atoms with Gasteiger partial charge < -0.3 is 15.7 Å². The first-order valence-electron chi connectivity index (χ1n) is 6.84. The SMILES string of the molecule is CC(CCO)CNC(=O)Nc1cccc(-c2nccs2)c1. The van der Waals surface area contributed by atoms with Gasteiger partial charge in [-0.05, 0) is 24.5 Å². The number of urea groups is 1. The number of aliphatic hydroxyl groups excluding tert-OH is 1. The first kappa shape index (κ1) is 15.5. The van der Waals surface area contributed by atoms with E-state index in [9.17, 15) is 4.79 Å². The molecule has 1 unspecified atom stereocenters. The van der Waals surface area contributed by atoms with E-state index >= 15 is 0 Å². The Morgan fingerprint density at radius 3 is 3.05 bits per heavy atom. The van der Waals surface area contributed by atoms with Gasteiger partial charge in [-0.25, -0.2) is 9.78 Å². The number of carbonyl (C=O) groups excluding carboxylic acids is 1. The number of benzene rings is 1. The van der Waals surface area contributed by atoms with Gasteiger partial charge in [-0.1, -0.05) is 19.1 Å². The average Bonchev–Trinajstić information content (AvgIpc) is 3.00. The number of thiazole rings is 1. The Labute approximate surface area is 128 Å². The van der Waals surface area contributed by atoms with Crippen molar-refractivity contribution in [2.24, 2.45) is 5.92 Å². The quantitative estimate of drug-likeness (QED) is 0.768. The number of nitrogens with one attached hydrogen (secondary N) is 2. The maximum atomic E-state index is 11.8. The number of aliphatic hydroxyl groups is 1. The second-order valence-electron chi connectivity index (χ2n) is 4.87. The largest absolute Gasteiger partial charge is 0.396 e. The third-order valence-corrected chi connectivity index (χ3v) is 3.85. The predicted octanol–water partition coefficient (Wildman–Crippen LogP) is 2.95. The van der Waals surface area contributed by atoms with E-state index < -0.39 is 0 Å². The number of amides is 2. The van der Waals surface area contributed by atoms with E-state index in [2.05, 4.69) is 15.6 Å². The molecule has 1 aromatic carbocycles. The lowest BCUT2D eigenvalue weighted by atomic mass is 10.1. The number of carbonyl (C=O) groups is 1. The van der Waals surface area contributed by atoms with E-state index in [0.29, 0.717) is 13.0 Å². The molecule has 2 amide bonds. The second-order valence-corrected chi connectivity index (χ2v) is 5.77. The molecular weight excluding hydrogens is 286 g/mol. The summed E-state index contributed by atoms with van der Waals surface area (Å²) in [5, 5.41) is 17.3. The highest BCUT2D eigenvalue weighted by molar-refractivity contribution is 7.13. The van der Waals surface area contributed by atoms with Crippen LogP contribution >= 0.6 is 11.3 Å². The van der Waals surface area contributed by atoms with Crippen molar-refractivity contribution in [3.8, 4) is 10.6 Å². The van der Waals surface area contributed by atoms with Crippen LogP contribution in [0.1, 0.15) is 13.3 Å². The van der Waals surface area contributed by atoms with Crippen LogP contribution in [0, 0.1) is 5.92 Å². The summed E-state index contributed by atoms with van der Waals surface area (Å²) >= 11 is 1.56. The fraction of sp³-hybridized carbons (Fsp3) is 0.333. The molecule has 1 heterocycles. The molecule has 0 bridgehead atoms. The molecule has 0 aliphatic carbocycles. The number of anilines is 1. The van der Waals surface area contributed by atoms with Gasteiger partial charge in [-0.2, -0.15) is 0 Å².